The second-order valence-electron chi connectivity index (χ2n) is 5.48. The number of sulfonamides is 1. The number of amides is 1. The summed E-state index contributed by atoms with van der Waals surface area (Å²) in [6, 6.07) is 12.3. The van der Waals surface area contributed by atoms with Gasteiger partial charge in [-0.3, -0.25) is 4.79 Å². The summed E-state index contributed by atoms with van der Waals surface area (Å²) in [5.41, 5.74) is 0.664. The molecule has 0 aliphatic rings. The molecule has 27 heavy (non-hydrogen) atoms. The van der Waals surface area contributed by atoms with E-state index in [0.717, 1.165) is 0 Å². The van der Waals surface area contributed by atoms with Gasteiger partial charge in [0.15, 0.2) is 0 Å². The van der Waals surface area contributed by atoms with Crippen LogP contribution in [0.3, 0.4) is 0 Å². The number of methoxy groups -OCH3 is 1. The Morgan fingerprint density at radius 3 is 2.70 bits per heavy atom. The van der Waals surface area contributed by atoms with E-state index in [1.165, 1.54) is 43.8 Å². The van der Waals surface area contributed by atoms with Crippen molar-refractivity contribution in [3.05, 3.63) is 72.3 Å². The maximum Gasteiger partial charge on any atom is 0.255 e. The third kappa shape index (κ3) is 4.72. The molecule has 0 atom stereocenters. The van der Waals surface area contributed by atoms with Crippen molar-refractivity contribution in [2.75, 3.05) is 12.4 Å². The number of ether oxygens (including phenoxy) is 1. The van der Waals surface area contributed by atoms with Crippen LogP contribution in [-0.2, 0) is 16.6 Å². The van der Waals surface area contributed by atoms with Crippen LogP contribution in [-0.4, -0.2) is 26.4 Å². The quantitative estimate of drug-likeness (QED) is 0.644. The Labute approximate surface area is 156 Å². The van der Waals surface area contributed by atoms with Crippen LogP contribution < -0.4 is 14.8 Å². The molecule has 1 amide bonds. The lowest BCUT2D eigenvalue weighted by Crippen LogP contribution is -2.23. The lowest BCUT2D eigenvalue weighted by molar-refractivity contribution is 0.102. The smallest absolute Gasteiger partial charge is 0.255 e. The molecule has 0 radical (unpaired) electrons. The largest absolute Gasteiger partial charge is 0.481 e. The number of anilines is 1. The van der Waals surface area contributed by atoms with Crippen molar-refractivity contribution >= 4 is 21.6 Å². The van der Waals surface area contributed by atoms with Gasteiger partial charge in [-0.15, -0.1) is 0 Å². The van der Waals surface area contributed by atoms with Crippen LogP contribution in [0.5, 0.6) is 5.88 Å². The van der Waals surface area contributed by atoms with Gasteiger partial charge in [0.25, 0.3) is 5.91 Å². The van der Waals surface area contributed by atoms with Crippen molar-refractivity contribution in [2.24, 2.45) is 0 Å². The van der Waals surface area contributed by atoms with Gasteiger partial charge in [0.05, 0.1) is 36.7 Å². The normalized spacial score (nSPS) is 11.1. The number of benzene rings is 1. The fourth-order valence-corrected chi connectivity index (χ4v) is 3.28. The molecule has 0 bridgehead atoms. The first-order chi connectivity index (χ1) is 13.0. The van der Waals surface area contributed by atoms with E-state index in [4.69, 9.17) is 9.15 Å². The lowest BCUT2D eigenvalue weighted by Gasteiger charge is -2.09. The molecule has 9 heteroatoms. The van der Waals surface area contributed by atoms with Crippen LogP contribution in [0.25, 0.3) is 0 Å². The fourth-order valence-electron chi connectivity index (χ4n) is 2.25. The Bertz CT molecular complexity index is 1020. The van der Waals surface area contributed by atoms with Crippen molar-refractivity contribution in [2.45, 2.75) is 11.4 Å². The minimum atomic E-state index is -3.79. The van der Waals surface area contributed by atoms with E-state index in [0.29, 0.717) is 17.3 Å². The minimum absolute atomic E-state index is 0.0171. The molecule has 2 aromatic heterocycles. The number of aromatic nitrogens is 1. The van der Waals surface area contributed by atoms with Crippen LogP contribution in [0.4, 0.5) is 5.69 Å². The highest BCUT2D eigenvalue weighted by Gasteiger charge is 2.17. The minimum Gasteiger partial charge on any atom is -0.481 e. The zero-order valence-corrected chi connectivity index (χ0v) is 15.2. The van der Waals surface area contributed by atoms with Gasteiger partial charge >= 0.3 is 0 Å². The summed E-state index contributed by atoms with van der Waals surface area (Å²) in [4.78, 5) is 16.4. The summed E-state index contributed by atoms with van der Waals surface area (Å²) in [7, 11) is -2.30. The highest BCUT2D eigenvalue weighted by atomic mass is 32.2. The third-order valence-electron chi connectivity index (χ3n) is 3.63. The van der Waals surface area contributed by atoms with E-state index in [1.807, 2.05) is 0 Å². The Balaban J connectivity index is 1.72. The molecule has 0 aliphatic carbocycles. The van der Waals surface area contributed by atoms with Gasteiger partial charge in [0.2, 0.25) is 15.9 Å². The molecular formula is C18H17N3O5S. The summed E-state index contributed by atoms with van der Waals surface area (Å²) in [5.74, 6) is 0.452. The molecule has 0 aliphatic heterocycles. The van der Waals surface area contributed by atoms with Crippen LogP contribution in [0.2, 0.25) is 0 Å². The molecule has 2 heterocycles. The Kier molecular flexibility index (Phi) is 5.53. The number of rotatable bonds is 7. The zero-order chi connectivity index (χ0) is 19.3. The van der Waals surface area contributed by atoms with Gasteiger partial charge in [-0.05, 0) is 36.4 Å². The number of nitrogens with one attached hydrogen (secondary N) is 2. The standard InChI is InChI=1S/C18H17N3O5S/c1-25-17-8-7-14(11-19-17)21-18(22)13-4-2-6-16(10-13)27(23,24)20-12-15-5-3-9-26-15/h2-11,20H,12H2,1H3,(H,21,22). The van der Waals surface area contributed by atoms with E-state index in [9.17, 15) is 13.2 Å². The first kappa shape index (κ1) is 18.6. The van der Waals surface area contributed by atoms with Gasteiger partial charge in [-0.25, -0.2) is 18.1 Å². The molecule has 0 saturated heterocycles. The first-order valence-corrected chi connectivity index (χ1v) is 9.40. The molecule has 0 unspecified atom stereocenters. The molecular weight excluding hydrogens is 370 g/mol. The lowest BCUT2D eigenvalue weighted by atomic mass is 10.2. The van der Waals surface area contributed by atoms with Crippen molar-refractivity contribution in [3.8, 4) is 5.88 Å². The summed E-state index contributed by atoms with van der Waals surface area (Å²) in [5, 5.41) is 2.66. The number of hydrogen-bond acceptors (Lipinski definition) is 6. The molecule has 1 aromatic carbocycles. The van der Waals surface area contributed by atoms with E-state index in [-0.39, 0.29) is 17.0 Å². The predicted octanol–water partition coefficient (Wildman–Crippen LogP) is 2.41. The first-order valence-electron chi connectivity index (χ1n) is 7.91. The van der Waals surface area contributed by atoms with Crippen LogP contribution >= 0.6 is 0 Å². The van der Waals surface area contributed by atoms with E-state index in [2.05, 4.69) is 15.0 Å². The van der Waals surface area contributed by atoms with Gasteiger partial charge in [0, 0.05) is 11.6 Å². The van der Waals surface area contributed by atoms with Crippen molar-refractivity contribution < 1.29 is 22.4 Å². The molecule has 2 N–H and O–H groups in total. The Hall–Kier alpha value is -3.17. The van der Waals surface area contributed by atoms with E-state index in [1.54, 1.807) is 24.3 Å². The molecule has 3 aromatic rings. The highest BCUT2D eigenvalue weighted by molar-refractivity contribution is 7.89. The van der Waals surface area contributed by atoms with Gasteiger partial charge in [-0.1, -0.05) is 6.07 Å². The topological polar surface area (TPSA) is 111 Å². The number of furan rings is 1. The monoisotopic (exact) mass is 387 g/mol. The second-order valence-corrected chi connectivity index (χ2v) is 7.24. The second kappa shape index (κ2) is 8.02. The highest BCUT2D eigenvalue weighted by Crippen LogP contribution is 2.16. The number of carbonyl (C=O) groups excluding carboxylic acids is 1. The van der Waals surface area contributed by atoms with E-state index < -0.39 is 15.9 Å². The zero-order valence-electron chi connectivity index (χ0n) is 14.4. The molecule has 140 valence electrons. The Morgan fingerprint density at radius 2 is 2.04 bits per heavy atom. The van der Waals surface area contributed by atoms with Crippen LogP contribution in [0.1, 0.15) is 16.1 Å². The van der Waals surface area contributed by atoms with Crippen molar-refractivity contribution in [1.82, 2.24) is 9.71 Å². The maximum absolute atomic E-state index is 12.4. The maximum atomic E-state index is 12.4. The number of hydrogen-bond donors (Lipinski definition) is 2. The van der Waals surface area contributed by atoms with Crippen LogP contribution in [0.15, 0.2) is 70.3 Å². The van der Waals surface area contributed by atoms with Gasteiger partial charge in [0.1, 0.15) is 5.76 Å². The Morgan fingerprint density at radius 1 is 1.19 bits per heavy atom. The average molecular weight is 387 g/mol. The number of carbonyl (C=O) groups is 1. The summed E-state index contributed by atoms with van der Waals surface area (Å²) < 4.78 is 37.3. The molecule has 3 rings (SSSR count). The van der Waals surface area contributed by atoms with Gasteiger partial charge in [-0.2, -0.15) is 0 Å². The number of nitrogens with zero attached hydrogens (tertiary/aromatic N) is 1. The predicted molar refractivity (Wildman–Crippen MR) is 97.9 cm³/mol. The van der Waals surface area contributed by atoms with Crippen LogP contribution in [0, 0.1) is 0 Å². The fraction of sp³-hybridized carbons (Fsp3) is 0.111. The third-order valence-corrected chi connectivity index (χ3v) is 5.03. The summed E-state index contributed by atoms with van der Waals surface area (Å²) in [6.07, 6.45) is 2.91. The van der Waals surface area contributed by atoms with Crippen molar-refractivity contribution in [1.29, 1.82) is 0 Å². The SMILES string of the molecule is COc1ccc(NC(=O)c2cccc(S(=O)(=O)NCc3ccco3)c2)cn1. The molecule has 0 saturated carbocycles. The van der Waals surface area contributed by atoms with Gasteiger partial charge < -0.3 is 14.5 Å². The molecule has 8 nitrogen and oxygen atoms in total. The summed E-state index contributed by atoms with van der Waals surface area (Å²) in [6.45, 7) is 0.0171. The molecule has 0 fully saturated rings. The van der Waals surface area contributed by atoms with Crippen molar-refractivity contribution in [3.63, 3.8) is 0 Å². The molecule has 0 spiro atoms. The summed E-state index contributed by atoms with van der Waals surface area (Å²) >= 11 is 0. The van der Waals surface area contributed by atoms with E-state index >= 15 is 0 Å². The average Bonchev–Trinajstić information content (AvgIpc) is 3.21. The number of pyridine rings is 1.